The third-order valence-electron chi connectivity index (χ3n) is 2.99. The van der Waals surface area contributed by atoms with Gasteiger partial charge >= 0.3 is 0 Å². The lowest BCUT2D eigenvalue weighted by Gasteiger charge is -2.15. The van der Waals surface area contributed by atoms with Gasteiger partial charge in [0.05, 0.1) is 21.3 Å². The number of likely N-dealkylation sites (N-methyl/N-ethyl adjacent to an activating group) is 1. The molecule has 6 nitrogen and oxygen atoms in total. The van der Waals surface area contributed by atoms with Crippen molar-refractivity contribution in [3.05, 3.63) is 17.7 Å². The molecule has 0 radical (unpaired) electrons. The summed E-state index contributed by atoms with van der Waals surface area (Å²) in [6.07, 6.45) is 0. The first-order valence-corrected chi connectivity index (χ1v) is 6.32. The number of hydrogen-bond acceptors (Lipinski definition) is 5. The Balaban J connectivity index is 2.97. The van der Waals surface area contributed by atoms with Crippen LogP contribution in [0.2, 0.25) is 0 Å². The van der Waals surface area contributed by atoms with Crippen LogP contribution in [0.15, 0.2) is 12.1 Å². The van der Waals surface area contributed by atoms with Crippen molar-refractivity contribution in [1.82, 2.24) is 10.6 Å². The molecular weight excluding hydrogens is 260 g/mol. The zero-order valence-electron chi connectivity index (χ0n) is 12.6. The van der Waals surface area contributed by atoms with Crippen LogP contribution in [-0.2, 0) is 0 Å². The maximum atomic E-state index is 12.1. The van der Waals surface area contributed by atoms with E-state index in [0.29, 0.717) is 29.4 Å². The number of hydrogen-bond donors (Lipinski definition) is 2. The molecular formula is C14H22N2O4. The van der Waals surface area contributed by atoms with Gasteiger partial charge in [-0.15, -0.1) is 0 Å². The van der Waals surface area contributed by atoms with E-state index in [4.69, 9.17) is 14.2 Å². The summed E-state index contributed by atoms with van der Waals surface area (Å²) in [6, 6.07) is 3.45. The Morgan fingerprint density at radius 2 is 1.70 bits per heavy atom. The van der Waals surface area contributed by atoms with Gasteiger partial charge < -0.3 is 24.8 Å². The Hall–Kier alpha value is -1.95. The zero-order chi connectivity index (χ0) is 15.1. The third-order valence-corrected chi connectivity index (χ3v) is 2.99. The molecule has 1 rings (SSSR count). The number of nitrogens with one attached hydrogen (secondary N) is 2. The maximum absolute atomic E-state index is 12.1. The van der Waals surface area contributed by atoms with Crippen molar-refractivity contribution < 1.29 is 19.0 Å². The first-order valence-electron chi connectivity index (χ1n) is 6.32. The summed E-state index contributed by atoms with van der Waals surface area (Å²) in [5.74, 6) is 1.19. The molecule has 20 heavy (non-hydrogen) atoms. The largest absolute Gasteiger partial charge is 0.493 e. The van der Waals surface area contributed by atoms with E-state index in [1.165, 1.54) is 21.3 Å². The third kappa shape index (κ3) is 3.77. The second-order valence-electron chi connectivity index (χ2n) is 4.31. The fraction of sp³-hybridized carbons (Fsp3) is 0.500. The molecule has 1 unspecified atom stereocenters. The molecule has 0 bridgehead atoms. The smallest absolute Gasteiger partial charge is 0.251 e. The predicted octanol–water partition coefficient (Wildman–Crippen LogP) is 1.05. The van der Waals surface area contributed by atoms with Crippen LogP contribution in [0.5, 0.6) is 17.2 Å². The maximum Gasteiger partial charge on any atom is 0.251 e. The number of amides is 1. The Kier molecular flexibility index (Phi) is 6.11. The highest BCUT2D eigenvalue weighted by atomic mass is 16.5. The number of rotatable bonds is 7. The average Bonchev–Trinajstić information content (AvgIpc) is 2.50. The molecule has 1 amide bonds. The highest BCUT2D eigenvalue weighted by Crippen LogP contribution is 2.38. The molecule has 0 heterocycles. The van der Waals surface area contributed by atoms with Crippen LogP contribution < -0.4 is 24.8 Å². The van der Waals surface area contributed by atoms with Crippen molar-refractivity contribution in [3.8, 4) is 17.2 Å². The SMILES string of the molecule is CNC(C)CNC(=O)c1cc(OC)c(OC)c(OC)c1. The van der Waals surface area contributed by atoms with Crippen LogP contribution in [0, 0.1) is 0 Å². The summed E-state index contributed by atoms with van der Waals surface area (Å²) in [4.78, 5) is 12.1. The van der Waals surface area contributed by atoms with E-state index >= 15 is 0 Å². The minimum absolute atomic E-state index is 0.189. The molecule has 2 N–H and O–H groups in total. The zero-order valence-corrected chi connectivity index (χ0v) is 12.6. The molecule has 1 atom stereocenters. The number of benzene rings is 1. The number of carbonyl (C=O) groups is 1. The summed E-state index contributed by atoms with van der Waals surface area (Å²) in [7, 11) is 6.40. The molecule has 1 aromatic rings. The van der Waals surface area contributed by atoms with Crippen molar-refractivity contribution in [3.63, 3.8) is 0 Å². The van der Waals surface area contributed by atoms with E-state index in [9.17, 15) is 4.79 Å². The van der Waals surface area contributed by atoms with Gasteiger partial charge in [0, 0.05) is 18.2 Å². The van der Waals surface area contributed by atoms with E-state index in [0.717, 1.165) is 0 Å². The highest BCUT2D eigenvalue weighted by Gasteiger charge is 2.17. The van der Waals surface area contributed by atoms with Crippen molar-refractivity contribution in [2.45, 2.75) is 13.0 Å². The Labute approximate surface area is 119 Å². The Morgan fingerprint density at radius 3 is 2.10 bits per heavy atom. The second kappa shape index (κ2) is 7.59. The quantitative estimate of drug-likeness (QED) is 0.782. The molecule has 0 saturated heterocycles. The minimum atomic E-state index is -0.189. The predicted molar refractivity (Wildman–Crippen MR) is 77.0 cm³/mol. The minimum Gasteiger partial charge on any atom is -0.493 e. The van der Waals surface area contributed by atoms with Gasteiger partial charge in [-0.2, -0.15) is 0 Å². The second-order valence-corrected chi connectivity index (χ2v) is 4.31. The first-order chi connectivity index (χ1) is 9.57. The molecule has 6 heteroatoms. The van der Waals surface area contributed by atoms with Crippen molar-refractivity contribution in [2.24, 2.45) is 0 Å². The molecule has 0 aliphatic carbocycles. The van der Waals surface area contributed by atoms with Crippen molar-refractivity contribution in [2.75, 3.05) is 34.9 Å². The molecule has 0 saturated carbocycles. The molecule has 0 aliphatic heterocycles. The van der Waals surface area contributed by atoms with Crippen LogP contribution in [0.4, 0.5) is 0 Å². The number of ether oxygens (including phenoxy) is 3. The monoisotopic (exact) mass is 282 g/mol. The summed E-state index contributed by atoms with van der Waals surface area (Å²) < 4.78 is 15.7. The summed E-state index contributed by atoms with van der Waals surface area (Å²) in [5, 5.41) is 5.89. The number of methoxy groups -OCH3 is 3. The van der Waals surface area contributed by atoms with E-state index in [2.05, 4.69) is 10.6 Å². The van der Waals surface area contributed by atoms with Gasteiger partial charge in [0.2, 0.25) is 5.75 Å². The Bertz CT molecular complexity index is 437. The molecule has 0 aromatic heterocycles. The van der Waals surface area contributed by atoms with Gasteiger partial charge in [0.15, 0.2) is 11.5 Å². The topological polar surface area (TPSA) is 68.8 Å². The van der Waals surface area contributed by atoms with Crippen LogP contribution in [-0.4, -0.2) is 46.9 Å². The van der Waals surface area contributed by atoms with Crippen LogP contribution in [0.25, 0.3) is 0 Å². The fourth-order valence-corrected chi connectivity index (χ4v) is 1.66. The molecule has 112 valence electrons. The molecule has 0 spiro atoms. The molecule has 0 fully saturated rings. The fourth-order valence-electron chi connectivity index (χ4n) is 1.66. The van der Waals surface area contributed by atoms with E-state index < -0.39 is 0 Å². The van der Waals surface area contributed by atoms with Gasteiger partial charge in [-0.1, -0.05) is 0 Å². The van der Waals surface area contributed by atoms with Crippen LogP contribution in [0.3, 0.4) is 0 Å². The first kappa shape index (κ1) is 16.1. The average molecular weight is 282 g/mol. The number of carbonyl (C=O) groups excluding carboxylic acids is 1. The molecule has 0 aliphatic rings. The lowest BCUT2D eigenvalue weighted by atomic mass is 10.1. The van der Waals surface area contributed by atoms with Gasteiger partial charge in [-0.05, 0) is 26.1 Å². The van der Waals surface area contributed by atoms with E-state index in [1.807, 2.05) is 14.0 Å². The van der Waals surface area contributed by atoms with Crippen LogP contribution >= 0.6 is 0 Å². The Morgan fingerprint density at radius 1 is 1.15 bits per heavy atom. The lowest BCUT2D eigenvalue weighted by molar-refractivity contribution is 0.0949. The summed E-state index contributed by atoms with van der Waals surface area (Å²) in [6.45, 7) is 2.52. The van der Waals surface area contributed by atoms with Crippen molar-refractivity contribution in [1.29, 1.82) is 0 Å². The molecule has 1 aromatic carbocycles. The highest BCUT2D eigenvalue weighted by molar-refractivity contribution is 5.95. The lowest BCUT2D eigenvalue weighted by Crippen LogP contribution is -2.37. The summed E-state index contributed by atoms with van der Waals surface area (Å²) >= 11 is 0. The van der Waals surface area contributed by atoms with Crippen molar-refractivity contribution >= 4 is 5.91 Å². The van der Waals surface area contributed by atoms with Gasteiger partial charge in [0.25, 0.3) is 5.91 Å². The van der Waals surface area contributed by atoms with Crippen LogP contribution in [0.1, 0.15) is 17.3 Å². The van der Waals surface area contributed by atoms with Gasteiger partial charge in [-0.25, -0.2) is 0 Å². The standard InChI is InChI=1S/C14H22N2O4/c1-9(15-2)8-16-14(17)10-6-11(18-3)13(20-5)12(7-10)19-4/h6-7,9,15H,8H2,1-5H3,(H,16,17). The summed E-state index contributed by atoms with van der Waals surface area (Å²) in [5.41, 5.74) is 0.461. The normalized spacial score (nSPS) is 11.7. The van der Waals surface area contributed by atoms with Gasteiger partial charge in [0.1, 0.15) is 0 Å². The van der Waals surface area contributed by atoms with E-state index in [1.54, 1.807) is 12.1 Å². The van der Waals surface area contributed by atoms with Gasteiger partial charge in [-0.3, -0.25) is 4.79 Å². The van der Waals surface area contributed by atoms with E-state index in [-0.39, 0.29) is 11.9 Å².